The van der Waals surface area contributed by atoms with E-state index in [1.54, 1.807) is 25.4 Å². The van der Waals surface area contributed by atoms with Gasteiger partial charge in [-0.2, -0.15) is 9.97 Å². The highest BCUT2D eigenvalue weighted by Crippen LogP contribution is 2.38. The van der Waals surface area contributed by atoms with Crippen molar-refractivity contribution in [3.8, 4) is 0 Å². The summed E-state index contributed by atoms with van der Waals surface area (Å²) in [4.78, 5) is 27.9. The van der Waals surface area contributed by atoms with Crippen LogP contribution in [0, 0.1) is 31.3 Å². The number of nitrogens with one attached hydrogen (secondary N) is 4. The van der Waals surface area contributed by atoms with Crippen LogP contribution in [0.15, 0.2) is 42.7 Å². The molecule has 65 heavy (non-hydrogen) atoms. The predicted octanol–water partition coefficient (Wildman–Crippen LogP) is 8.31. The second kappa shape index (κ2) is 19.9. The Morgan fingerprint density at radius 3 is 1.48 bits per heavy atom. The third-order valence-electron chi connectivity index (χ3n) is 13.0. The maximum Gasteiger partial charge on any atom is 0.224 e. The molecule has 4 aromatic heterocycles. The molecule has 2 aliphatic heterocycles. The number of anilines is 6. The van der Waals surface area contributed by atoms with Crippen LogP contribution in [0.25, 0.3) is 22.3 Å². The first-order valence-electron chi connectivity index (χ1n) is 22.9. The molecular formula is C46H57F3N12O4. The molecule has 0 atom stereocenters. The maximum absolute atomic E-state index is 14.6. The second-order valence-electron chi connectivity index (χ2n) is 17.7. The normalized spacial score (nSPS) is 22.1. The van der Waals surface area contributed by atoms with Crippen LogP contribution < -0.4 is 21.3 Å². The lowest BCUT2D eigenvalue weighted by atomic mass is 9.93. The van der Waals surface area contributed by atoms with Gasteiger partial charge in [-0.1, -0.05) is 12.1 Å². The van der Waals surface area contributed by atoms with Gasteiger partial charge in [0.2, 0.25) is 23.8 Å². The smallest absolute Gasteiger partial charge is 0.224 e. The first-order chi connectivity index (χ1) is 31.6. The Bertz CT molecular complexity index is 2540. The molecule has 346 valence electrons. The van der Waals surface area contributed by atoms with Crippen molar-refractivity contribution in [3.05, 3.63) is 71.3 Å². The van der Waals surface area contributed by atoms with Crippen molar-refractivity contribution >= 4 is 57.5 Å². The number of nitrogens with zero attached hydrogens (tertiary/aromatic N) is 8. The Morgan fingerprint density at radius 1 is 0.569 bits per heavy atom. The molecule has 19 heteroatoms. The lowest BCUT2D eigenvalue weighted by molar-refractivity contribution is 0.0902. The lowest BCUT2D eigenvalue weighted by Crippen LogP contribution is -2.28. The quantitative estimate of drug-likeness (QED) is 0.0769. The summed E-state index contributed by atoms with van der Waals surface area (Å²) >= 11 is 0. The average Bonchev–Trinajstić information content (AvgIpc) is 3.84. The summed E-state index contributed by atoms with van der Waals surface area (Å²) in [7, 11) is 0. The number of rotatable bonds is 10. The zero-order chi connectivity index (χ0) is 45.0. The van der Waals surface area contributed by atoms with Crippen molar-refractivity contribution in [2.75, 3.05) is 47.7 Å². The van der Waals surface area contributed by atoms with E-state index in [4.69, 9.17) is 24.4 Å². The molecule has 0 bridgehead atoms. The largest absolute Gasteiger partial charge is 0.393 e. The number of para-hydroxylation sites is 1. The third kappa shape index (κ3) is 10.3. The van der Waals surface area contributed by atoms with E-state index in [2.05, 4.69) is 40.8 Å². The monoisotopic (exact) mass is 898 g/mol. The lowest BCUT2D eigenvalue weighted by Gasteiger charge is -2.28. The van der Waals surface area contributed by atoms with Crippen molar-refractivity contribution in [2.45, 2.75) is 127 Å². The van der Waals surface area contributed by atoms with Gasteiger partial charge >= 0.3 is 0 Å². The molecule has 2 aliphatic carbocycles. The van der Waals surface area contributed by atoms with Crippen molar-refractivity contribution in [1.82, 2.24) is 39.0 Å². The molecular weight excluding hydrogens is 842 g/mol. The zero-order valence-electron chi connectivity index (χ0n) is 36.7. The van der Waals surface area contributed by atoms with E-state index in [0.29, 0.717) is 83.4 Å². The van der Waals surface area contributed by atoms with E-state index in [-0.39, 0.29) is 47.9 Å². The van der Waals surface area contributed by atoms with Crippen molar-refractivity contribution < 1.29 is 32.9 Å². The van der Waals surface area contributed by atoms with Gasteiger partial charge in [-0.3, -0.25) is 9.13 Å². The number of aromatic nitrogens is 8. The summed E-state index contributed by atoms with van der Waals surface area (Å²) in [5.41, 5.74) is 4.43. The topological polar surface area (TPSA) is 194 Å². The Hall–Kier alpha value is -5.63. The molecule has 2 saturated carbocycles. The number of aliphatic hydroxyl groups is 2. The van der Waals surface area contributed by atoms with Crippen LogP contribution >= 0.6 is 0 Å². The zero-order valence-corrected chi connectivity index (χ0v) is 36.7. The van der Waals surface area contributed by atoms with Crippen LogP contribution in [-0.2, 0) is 9.47 Å². The van der Waals surface area contributed by atoms with Gasteiger partial charge in [0.05, 0.1) is 36.0 Å². The molecule has 4 aliphatic rings. The van der Waals surface area contributed by atoms with Crippen LogP contribution in [0.1, 0.15) is 100 Å². The van der Waals surface area contributed by atoms with Gasteiger partial charge in [0.15, 0.2) is 11.3 Å². The summed E-state index contributed by atoms with van der Waals surface area (Å²) in [5.74, 6) is 0.426. The minimum atomic E-state index is -0.682. The molecule has 2 saturated heterocycles. The molecule has 2 aromatic carbocycles. The van der Waals surface area contributed by atoms with Gasteiger partial charge in [-0.25, -0.2) is 33.1 Å². The first kappa shape index (κ1) is 44.6. The Kier molecular flexibility index (Phi) is 13.6. The molecule has 0 unspecified atom stereocenters. The molecule has 0 spiro atoms. The Balaban J connectivity index is 0.000000164. The van der Waals surface area contributed by atoms with Gasteiger partial charge in [0.1, 0.15) is 28.5 Å². The number of hydrogen-bond acceptors (Lipinski definition) is 14. The average molecular weight is 899 g/mol. The van der Waals surface area contributed by atoms with Gasteiger partial charge in [0.25, 0.3) is 0 Å². The van der Waals surface area contributed by atoms with E-state index in [1.807, 2.05) is 17.6 Å². The number of imidazole rings is 2. The van der Waals surface area contributed by atoms with Crippen LogP contribution in [0.4, 0.5) is 48.3 Å². The molecule has 16 nitrogen and oxygen atoms in total. The maximum atomic E-state index is 14.6. The summed E-state index contributed by atoms with van der Waals surface area (Å²) < 4.78 is 57.7. The Labute approximate surface area is 374 Å². The molecule has 6 heterocycles. The van der Waals surface area contributed by atoms with E-state index < -0.39 is 11.6 Å². The number of aryl methyl sites for hydroxylation is 2. The molecule has 4 fully saturated rings. The van der Waals surface area contributed by atoms with E-state index in [0.717, 1.165) is 89.1 Å². The predicted molar refractivity (Wildman–Crippen MR) is 241 cm³/mol. The van der Waals surface area contributed by atoms with Crippen LogP contribution in [-0.4, -0.2) is 100.0 Å². The third-order valence-corrected chi connectivity index (χ3v) is 13.0. The minimum Gasteiger partial charge on any atom is -0.393 e. The first-order valence-corrected chi connectivity index (χ1v) is 22.9. The number of aliphatic hydroxyl groups excluding tert-OH is 2. The number of fused-ring (bicyclic) bond motifs is 2. The van der Waals surface area contributed by atoms with Crippen LogP contribution in [0.2, 0.25) is 0 Å². The SMILES string of the molecule is Cc1cc(F)cc(F)c1Nc1nc2cnc(NC3CCOCC3)nc2n1C1CCC(O)CC1.Cc1cccc(F)c1Nc1nc2cnc(NC3CCOCC3)nc2n1C1CCC(O)CC1. The molecule has 0 radical (unpaired) electrons. The van der Waals surface area contributed by atoms with Crippen LogP contribution in [0.3, 0.4) is 0 Å². The van der Waals surface area contributed by atoms with Crippen molar-refractivity contribution in [2.24, 2.45) is 0 Å². The fourth-order valence-electron chi connectivity index (χ4n) is 9.35. The fourth-order valence-corrected chi connectivity index (χ4v) is 9.35. The van der Waals surface area contributed by atoms with Gasteiger partial charge < -0.3 is 41.0 Å². The highest BCUT2D eigenvalue weighted by atomic mass is 19.1. The molecule has 6 N–H and O–H groups in total. The van der Waals surface area contributed by atoms with E-state index in [9.17, 15) is 23.4 Å². The van der Waals surface area contributed by atoms with E-state index >= 15 is 0 Å². The number of ether oxygens (including phenoxy) is 2. The summed E-state index contributed by atoms with van der Waals surface area (Å²) in [6.45, 7) is 6.40. The van der Waals surface area contributed by atoms with Crippen LogP contribution in [0.5, 0.6) is 0 Å². The number of halogens is 3. The number of hydrogen-bond donors (Lipinski definition) is 6. The summed E-state index contributed by atoms with van der Waals surface area (Å²) in [6.07, 6.45) is 12.3. The van der Waals surface area contributed by atoms with Crippen molar-refractivity contribution in [1.29, 1.82) is 0 Å². The summed E-state index contributed by atoms with van der Waals surface area (Å²) in [6, 6.07) is 7.81. The molecule has 6 aromatic rings. The molecule has 10 rings (SSSR count). The minimum absolute atomic E-state index is 0.0375. The van der Waals surface area contributed by atoms with Gasteiger partial charge in [0, 0.05) is 56.7 Å². The molecule has 0 amide bonds. The standard InChI is InChI=1S/C23H28F2N6O2.C23H29FN6O2/c1-13-10-14(24)11-18(25)20(13)29-23-28-19-12-26-22(27-15-6-8-33-9-7-15)30-21(19)31(23)16-2-4-17(32)5-3-16;1-14-3-2-4-18(24)20(14)28-23-27-19-13-25-22(26-15-9-11-32-12-10-15)29-21(19)30(23)16-5-7-17(31)8-6-16/h10-12,15-17,32H,2-9H2,1H3,(H,28,29)(H,26,27,30);2-4,13,15-17,31H,5-12H2,1H3,(H,27,28)(H,25,26,29). The van der Waals surface area contributed by atoms with Gasteiger partial charge in [-0.05, 0) is 114 Å². The van der Waals surface area contributed by atoms with Crippen molar-refractivity contribution in [3.63, 3.8) is 0 Å². The van der Waals surface area contributed by atoms with E-state index in [1.165, 1.54) is 12.1 Å². The highest BCUT2D eigenvalue weighted by molar-refractivity contribution is 5.78. The Morgan fingerprint density at radius 2 is 1.03 bits per heavy atom. The number of benzene rings is 2. The second-order valence-corrected chi connectivity index (χ2v) is 17.7. The highest BCUT2D eigenvalue weighted by Gasteiger charge is 2.29. The van der Waals surface area contributed by atoms with Gasteiger partial charge in [-0.15, -0.1) is 0 Å². The fraction of sp³-hybridized carbons (Fsp3) is 0.522. The summed E-state index contributed by atoms with van der Waals surface area (Å²) in [5, 5.41) is 33.1.